The van der Waals surface area contributed by atoms with Gasteiger partial charge >= 0.3 is 0 Å². The minimum absolute atomic E-state index is 0.0599. The summed E-state index contributed by atoms with van der Waals surface area (Å²) in [6.45, 7) is 1.94. The van der Waals surface area contributed by atoms with Crippen LogP contribution in [-0.2, 0) is 4.79 Å². The predicted octanol–water partition coefficient (Wildman–Crippen LogP) is 2.04. The second-order valence-corrected chi connectivity index (χ2v) is 6.30. The van der Waals surface area contributed by atoms with Crippen LogP contribution in [0.25, 0.3) is 6.08 Å². The number of nitrogens with zero attached hydrogens (tertiary/aromatic N) is 3. The van der Waals surface area contributed by atoms with E-state index in [0.29, 0.717) is 12.2 Å². The number of anilines is 1. The van der Waals surface area contributed by atoms with Crippen LogP contribution < -0.4 is 15.0 Å². The molecule has 1 saturated heterocycles. The molecule has 0 unspecified atom stereocenters. The zero-order valence-electron chi connectivity index (χ0n) is 13.9. The molecule has 6 heteroatoms. The quantitative estimate of drug-likeness (QED) is 0.929. The van der Waals surface area contributed by atoms with E-state index in [1.54, 1.807) is 18.5 Å². The van der Waals surface area contributed by atoms with Gasteiger partial charge in [0, 0.05) is 37.1 Å². The van der Waals surface area contributed by atoms with Crippen LogP contribution >= 0.6 is 0 Å². The molecule has 1 atom stereocenters. The van der Waals surface area contributed by atoms with E-state index in [-0.39, 0.29) is 11.9 Å². The van der Waals surface area contributed by atoms with Gasteiger partial charge < -0.3 is 15.0 Å². The Kier molecular flexibility index (Phi) is 4.33. The summed E-state index contributed by atoms with van der Waals surface area (Å²) in [6.07, 6.45) is 7.36. The van der Waals surface area contributed by atoms with Crippen molar-refractivity contribution in [2.45, 2.75) is 18.9 Å². The highest BCUT2D eigenvalue weighted by atomic mass is 16.5. The third kappa shape index (κ3) is 3.47. The van der Waals surface area contributed by atoms with Crippen LogP contribution in [0.1, 0.15) is 18.4 Å². The van der Waals surface area contributed by atoms with Gasteiger partial charge in [0.2, 0.25) is 5.95 Å². The van der Waals surface area contributed by atoms with E-state index in [4.69, 9.17) is 4.74 Å². The Morgan fingerprint density at radius 1 is 1.20 bits per heavy atom. The average molecular weight is 336 g/mol. The molecule has 6 nitrogen and oxygen atoms in total. The minimum Gasteiger partial charge on any atom is -0.488 e. The number of amides is 1. The third-order valence-electron chi connectivity index (χ3n) is 4.52. The van der Waals surface area contributed by atoms with Crippen LogP contribution in [0.15, 0.2) is 48.3 Å². The van der Waals surface area contributed by atoms with Crippen LogP contribution in [0.4, 0.5) is 5.95 Å². The van der Waals surface area contributed by atoms with Gasteiger partial charge in [-0.2, -0.15) is 0 Å². The molecule has 4 rings (SSSR count). The Morgan fingerprint density at radius 2 is 2.04 bits per heavy atom. The molecule has 0 radical (unpaired) electrons. The average Bonchev–Trinajstić information content (AvgIpc) is 2.68. The number of rotatable bonds is 3. The standard InChI is InChI=1S/C19H20N4O2/c24-18(15-11-14-5-1-2-7-17(14)25-13-15)22-16-6-3-10-23(12-16)19-20-8-4-9-21-19/h1-2,4-5,7-9,11,16H,3,6,10,12-13H2,(H,22,24)/t16-/m0/s1. The summed E-state index contributed by atoms with van der Waals surface area (Å²) in [5.74, 6) is 1.48. The van der Waals surface area contributed by atoms with E-state index in [9.17, 15) is 4.79 Å². The molecule has 1 amide bonds. The van der Waals surface area contributed by atoms with Crippen LogP contribution in [0.3, 0.4) is 0 Å². The van der Waals surface area contributed by atoms with E-state index in [2.05, 4.69) is 20.2 Å². The lowest BCUT2D eigenvalue weighted by molar-refractivity contribution is -0.118. The normalized spacial score (nSPS) is 19.4. The maximum absolute atomic E-state index is 12.6. The fourth-order valence-electron chi connectivity index (χ4n) is 3.26. The van der Waals surface area contributed by atoms with Gasteiger partial charge in [-0.1, -0.05) is 18.2 Å². The zero-order chi connectivity index (χ0) is 17.1. The molecular formula is C19H20N4O2. The lowest BCUT2D eigenvalue weighted by Crippen LogP contribution is -2.49. The summed E-state index contributed by atoms with van der Waals surface area (Å²) in [4.78, 5) is 23.3. The maximum Gasteiger partial charge on any atom is 0.250 e. The number of carbonyl (C=O) groups excluding carboxylic acids is 1. The summed E-state index contributed by atoms with van der Waals surface area (Å²) in [7, 11) is 0. The molecule has 1 fully saturated rings. The zero-order valence-corrected chi connectivity index (χ0v) is 13.9. The van der Waals surface area contributed by atoms with Crippen molar-refractivity contribution in [1.82, 2.24) is 15.3 Å². The second-order valence-electron chi connectivity index (χ2n) is 6.30. The monoisotopic (exact) mass is 336 g/mol. The van der Waals surface area contributed by atoms with E-state index in [1.807, 2.05) is 30.3 Å². The SMILES string of the molecule is O=C(N[C@H]1CCCN(c2ncccn2)C1)C1=Cc2ccccc2OC1. The van der Waals surface area contributed by atoms with Crippen molar-refractivity contribution in [3.8, 4) is 5.75 Å². The highest BCUT2D eigenvalue weighted by Gasteiger charge is 2.25. The van der Waals surface area contributed by atoms with Crippen molar-refractivity contribution in [1.29, 1.82) is 0 Å². The molecule has 0 bridgehead atoms. The van der Waals surface area contributed by atoms with E-state index >= 15 is 0 Å². The predicted molar refractivity (Wildman–Crippen MR) is 95.3 cm³/mol. The van der Waals surface area contributed by atoms with Crippen molar-refractivity contribution >= 4 is 17.9 Å². The van der Waals surface area contributed by atoms with Gasteiger partial charge in [0.15, 0.2) is 0 Å². The molecule has 0 saturated carbocycles. The van der Waals surface area contributed by atoms with Crippen molar-refractivity contribution in [3.05, 3.63) is 53.9 Å². The Labute approximate surface area is 146 Å². The molecule has 1 aromatic carbocycles. The van der Waals surface area contributed by atoms with E-state index in [1.165, 1.54) is 0 Å². The van der Waals surface area contributed by atoms with Gasteiger partial charge in [-0.15, -0.1) is 0 Å². The number of hydrogen-bond donors (Lipinski definition) is 1. The molecule has 2 aliphatic heterocycles. The van der Waals surface area contributed by atoms with Crippen molar-refractivity contribution < 1.29 is 9.53 Å². The first kappa shape index (κ1) is 15.6. The summed E-state index contributed by atoms with van der Waals surface area (Å²) in [5, 5.41) is 3.13. The molecule has 0 spiro atoms. The van der Waals surface area contributed by atoms with Gasteiger partial charge in [0.25, 0.3) is 5.91 Å². The molecular weight excluding hydrogens is 316 g/mol. The second kappa shape index (κ2) is 6.93. The summed E-state index contributed by atoms with van der Waals surface area (Å²) < 4.78 is 5.68. The highest BCUT2D eigenvalue weighted by molar-refractivity contribution is 5.99. The number of aromatic nitrogens is 2. The fraction of sp³-hybridized carbons (Fsp3) is 0.316. The van der Waals surface area contributed by atoms with Gasteiger partial charge in [-0.25, -0.2) is 9.97 Å². The fourth-order valence-corrected chi connectivity index (χ4v) is 3.26. The summed E-state index contributed by atoms with van der Waals surface area (Å²) >= 11 is 0. The van der Waals surface area contributed by atoms with Gasteiger partial charge in [0.05, 0.1) is 5.57 Å². The van der Waals surface area contributed by atoms with E-state index in [0.717, 1.165) is 43.2 Å². The number of carbonyl (C=O) groups is 1. The van der Waals surface area contributed by atoms with Crippen molar-refractivity contribution in [2.24, 2.45) is 0 Å². The summed E-state index contributed by atoms with van der Waals surface area (Å²) in [6, 6.07) is 9.64. The lowest BCUT2D eigenvalue weighted by atomic mass is 10.0. The molecule has 2 aromatic rings. The number of hydrogen-bond acceptors (Lipinski definition) is 5. The number of fused-ring (bicyclic) bond motifs is 1. The van der Waals surface area contributed by atoms with E-state index < -0.39 is 0 Å². The molecule has 1 aromatic heterocycles. The van der Waals surface area contributed by atoms with Crippen molar-refractivity contribution in [2.75, 3.05) is 24.6 Å². The summed E-state index contributed by atoms with van der Waals surface area (Å²) in [5.41, 5.74) is 1.61. The van der Waals surface area contributed by atoms with Gasteiger partial charge in [-0.05, 0) is 31.1 Å². The molecule has 3 heterocycles. The number of benzene rings is 1. The minimum atomic E-state index is -0.0599. The number of nitrogens with one attached hydrogen (secondary N) is 1. The molecule has 1 N–H and O–H groups in total. The van der Waals surface area contributed by atoms with Gasteiger partial charge in [-0.3, -0.25) is 4.79 Å². The topological polar surface area (TPSA) is 67.4 Å². The molecule has 25 heavy (non-hydrogen) atoms. The number of ether oxygens (including phenoxy) is 1. The largest absolute Gasteiger partial charge is 0.488 e. The Balaban J connectivity index is 1.42. The molecule has 2 aliphatic rings. The molecule has 0 aliphatic carbocycles. The van der Waals surface area contributed by atoms with Crippen LogP contribution in [0.2, 0.25) is 0 Å². The van der Waals surface area contributed by atoms with Crippen LogP contribution in [0.5, 0.6) is 5.75 Å². The number of para-hydroxylation sites is 1. The Hall–Kier alpha value is -2.89. The van der Waals surface area contributed by atoms with Crippen molar-refractivity contribution in [3.63, 3.8) is 0 Å². The van der Waals surface area contributed by atoms with Crippen LogP contribution in [-0.4, -0.2) is 41.6 Å². The third-order valence-corrected chi connectivity index (χ3v) is 4.52. The Bertz CT molecular complexity index is 791. The number of piperidine rings is 1. The maximum atomic E-state index is 12.6. The first-order chi connectivity index (χ1) is 12.3. The smallest absolute Gasteiger partial charge is 0.250 e. The first-order valence-corrected chi connectivity index (χ1v) is 8.55. The lowest BCUT2D eigenvalue weighted by Gasteiger charge is -2.33. The highest BCUT2D eigenvalue weighted by Crippen LogP contribution is 2.26. The molecule has 128 valence electrons. The Morgan fingerprint density at radius 3 is 2.92 bits per heavy atom. The first-order valence-electron chi connectivity index (χ1n) is 8.55. The van der Waals surface area contributed by atoms with Gasteiger partial charge in [0.1, 0.15) is 12.4 Å². The van der Waals surface area contributed by atoms with Crippen LogP contribution in [0, 0.1) is 0 Å².